The summed E-state index contributed by atoms with van der Waals surface area (Å²) in [4.78, 5) is 23.9. The number of esters is 2. The summed E-state index contributed by atoms with van der Waals surface area (Å²) in [7, 11) is 0. The van der Waals surface area contributed by atoms with Crippen molar-refractivity contribution in [1.82, 2.24) is 0 Å². The van der Waals surface area contributed by atoms with Crippen LogP contribution in [0.3, 0.4) is 0 Å². The first-order valence-corrected chi connectivity index (χ1v) is 17.9. The van der Waals surface area contributed by atoms with Gasteiger partial charge >= 0.3 is 11.9 Å². The standard InChI is InChI=1S/C38H58O7/c1-7-33(40)43-24(3)12-14-26-22-37(5)19-18-30-29(36(37)28(26)16-13-25(4)44-34(41)8-2)17-15-27-21-32(31(39)23-38(27,30)6)45-35-11-9-10-20-42-35/h15,26,28-32,35-36,39H,3-4,7-14,16-23H2,1-2,5-6H3/t26?,28?,29-,30-,31?,32?,35?,36+,37-,38+/m1/s1. The minimum Gasteiger partial charge on any atom is -0.432 e. The van der Waals surface area contributed by atoms with E-state index < -0.39 is 6.10 Å². The lowest BCUT2D eigenvalue weighted by molar-refractivity contribution is -0.217. The Kier molecular flexibility index (Phi) is 11.0. The minimum atomic E-state index is -0.495. The van der Waals surface area contributed by atoms with Crippen LogP contribution in [0.15, 0.2) is 36.3 Å². The molecule has 0 aromatic carbocycles. The van der Waals surface area contributed by atoms with Gasteiger partial charge in [0.25, 0.3) is 0 Å². The van der Waals surface area contributed by atoms with Crippen LogP contribution in [0.2, 0.25) is 0 Å². The normalized spacial score (nSPS) is 39.1. The average molecular weight is 627 g/mol. The molecule has 5 rings (SSSR count). The van der Waals surface area contributed by atoms with Gasteiger partial charge in [-0.1, -0.05) is 52.5 Å². The summed E-state index contributed by atoms with van der Waals surface area (Å²) in [5.41, 5.74) is 1.65. The van der Waals surface area contributed by atoms with Crippen molar-refractivity contribution in [3.63, 3.8) is 0 Å². The lowest BCUT2D eigenvalue weighted by atomic mass is 9.47. The molecule has 0 amide bonds. The largest absolute Gasteiger partial charge is 0.432 e. The molecule has 4 fully saturated rings. The van der Waals surface area contributed by atoms with Gasteiger partial charge in [0, 0.05) is 32.3 Å². The van der Waals surface area contributed by atoms with E-state index in [1.54, 1.807) is 13.8 Å². The van der Waals surface area contributed by atoms with Crippen LogP contribution in [0.5, 0.6) is 0 Å². The van der Waals surface area contributed by atoms with Crippen molar-refractivity contribution in [2.45, 2.75) is 143 Å². The van der Waals surface area contributed by atoms with Crippen LogP contribution in [0.4, 0.5) is 0 Å². The molecule has 5 aliphatic rings. The Hall–Kier alpha value is -1.96. The minimum absolute atomic E-state index is 0.0392. The molecule has 1 aliphatic heterocycles. The smallest absolute Gasteiger partial charge is 0.310 e. The maximum Gasteiger partial charge on any atom is 0.310 e. The summed E-state index contributed by atoms with van der Waals surface area (Å²) >= 11 is 0. The van der Waals surface area contributed by atoms with Crippen molar-refractivity contribution < 1.29 is 33.6 Å². The molecule has 0 spiro atoms. The molecule has 45 heavy (non-hydrogen) atoms. The predicted molar refractivity (Wildman–Crippen MR) is 173 cm³/mol. The zero-order valence-electron chi connectivity index (χ0n) is 28.3. The van der Waals surface area contributed by atoms with Crippen LogP contribution < -0.4 is 0 Å². The lowest BCUT2D eigenvalue weighted by Gasteiger charge is -2.59. The van der Waals surface area contributed by atoms with E-state index >= 15 is 0 Å². The fourth-order valence-corrected chi connectivity index (χ4v) is 10.2. The van der Waals surface area contributed by atoms with Gasteiger partial charge in [0.05, 0.1) is 12.2 Å². The Morgan fingerprint density at radius 2 is 1.69 bits per heavy atom. The molecule has 4 aliphatic carbocycles. The number of aliphatic hydroxyl groups excluding tert-OH is 1. The SMILES string of the molecule is C=C(CCC1C[C@@]2(C)CC[C@@H]3[C@@H](CC=C4CC(OC5CCCCO5)C(O)C[C@@]43C)[C@@H]2C1CCC(=C)OC(=O)CC)OC(=O)CC. The first kappa shape index (κ1) is 34.4. The number of hydrogen-bond donors (Lipinski definition) is 1. The quantitative estimate of drug-likeness (QED) is 0.133. The van der Waals surface area contributed by atoms with Crippen molar-refractivity contribution in [3.8, 4) is 0 Å². The lowest BCUT2D eigenvalue weighted by Crippen LogP contribution is -2.54. The van der Waals surface area contributed by atoms with Gasteiger partial charge in [-0.15, -0.1) is 0 Å². The fraction of sp³-hybridized carbons (Fsp3) is 0.789. The second kappa shape index (κ2) is 14.4. The van der Waals surface area contributed by atoms with Gasteiger partial charge in [0.15, 0.2) is 6.29 Å². The highest BCUT2D eigenvalue weighted by Crippen LogP contribution is 2.68. The summed E-state index contributed by atoms with van der Waals surface area (Å²) in [6.07, 6.45) is 14.7. The first-order valence-electron chi connectivity index (χ1n) is 17.9. The van der Waals surface area contributed by atoms with Crippen LogP contribution in [0.25, 0.3) is 0 Å². The number of allylic oxidation sites excluding steroid dienone is 3. The highest BCUT2D eigenvalue weighted by molar-refractivity contribution is 5.70. The van der Waals surface area contributed by atoms with Crippen molar-refractivity contribution >= 4 is 11.9 Å². The molecule has 10 atom stereocenters. The first-order chi connectivity index (χ1) is 21.5. The molecule has 1 saturated heterocycles. The van der Waals surface area contributed by atoms with Crippen molar-refractivity contribution in [1.29, 1.82) is 0 Å². The van der Waals surface area contributed by atoms with Gasteiger partial charge in [0.2, 0.25) is 0 Å². The number of rotatable bonds is 12. The van der Waals surface area contributed by atoms with E-state index in [9.17, 15) is 14.7 Å². The maximum absolute atomic E-state index is 12.0. The van der Waals surface area contributed by atoms with Gasteiger partial charge in [-0.2, -0.15) is 0 Å². The molecule has 3 saturated carbocycles. The second-order valence-electron chi connectivity index (χ2n) is 15.3. The fourth-order valence-electron chi connectivity index (χ4n) is 10.2. The highest BCUT2D eigenvalue weighted by atomic mass is 16.7. The second-order valence-corrected chi connectivity index (χ2v) is 15.3. The van der Waals surface area contributed by atoms with Crippen LogP contribution >= 0.6 is 0 Å². The third kappa shape index (κ3) is 7.46. The molecule has 1 heterocycles. The molecular formula is C38H58O7. The average Bonchev–Trinajstić information content (AvgIpc) is 3.31. The van der Waals surface area contributed by atoms with Crippen LogP contribution in [-0.4, -0.2) is 42.1 Å². The molecule has 0 bridgehead atoms. The Bertz CT molecular complexity index is 1140. The van der Waals surface area contributed by atoms with Gasteiger partial charge in [-0.05, 0) is 111 Å². The van der Waals surface area contributed by atoms with E-state index in [4.69, 9.17) is 18.9 Å². The van der Waals surface area contributed by atoms with E-state index in [1.807, 2.05) is 0 Å². The van der Waals surface area contributed by atoms with E-state index in [2.05, 4.69) is 33.1 Å². The van der Waals surface area contributed by atoms with E-state index in [0.717, 1.165) is 64.4 Å². The maximum atomic E-state index is 12.0. The van der Waals surface area contributed by atoms with Crippen LogP contribution in [0.1, 0.15) is 124 Å². The summed E-state index contributed by atoms with van der Waals surface area (Å²) in [6, 6.07) is 0. The van der Waals surface area contributed by atoms with Gasteiger partial charge in [0.1, 0.15) is 11.5 Å². The van der Waals surface area contributed by atoms with E-state index in [0.29, 0.717) is 66.8 Å². The third-order valence-corrected chi connectivity index (χ3v) is 12.4. The van der Waals surface area contributed by atoms with Crippen molar-refractivity contribution in [3.05, 3.63) is 36.3 Å². The number of aliphatic hydroxyl groups is 1. The van der Waals surface area contributed by atoms with Gasteiger partial charge in [-0.25, -0.2) is 0 Å². The van der Waals surface area contributed by atoms with E-state index in [1.165, 1.54) is 18.4 Å². The number of hydrogen-bond acceptors (Lipinski definition) is 7. The summed E-state index contributed by atoms with van der Waals surface area (Å²) in [5.74, 6) is 3.14. The van der Waals surface area contributed by atoms with Crippen LogP contribution in [-0.2, 0) is 28.5 Å². The summed E-state index contributed by atoms with van der Waals surface area (Å²) in [6.45, 7) is 17.4. The number of fused-ring (bicyclic) bond motifs is 5. The number of ether oxygens (including phenoxy) is 4. The summed E-state index contributed by atoms with van der Waals surface area (Å²) < 4.78 is 23.2. The zero-order chi connectivity index (χ0) is 32.4. The Morgan fingerprint density at radius 1 is 1.00 bits per heavy atom. The molecule has 7 nitrogen and oxygen atoms in total. The van der Waals surface area contributed by atoms with E-state index in [-0.39, 0.29) is 35.2 Å². The molecular weight excluding hydrogens is 568 g/mol. The molecule has 5 unspecified atom stereocenters. The van der Waals surface area contributed by atoms with Crippen molar-refractivity contribution in [2.75, 3.05) is 6.61 Å². The Labute approximate surface area is 271 Å². The number of carbonyl (C=O) groups is 2. The predicted octanol–water partition coefficient (Wildman–Crippen LogP) is 8.17. The number of carbonyl (C=O) groups excluding carboxylic acids is 2. The Morgan fingerprint density at radius 3 is 2.33 bits per heavy atom. The molecule has 7 heteroatoms. The zero-order valence-corrected chi connectivity index (χ0v) is 28.3. The molecule has 0 radical (unpaired) electrons. The molecule has 252 valence electrons. The topological polar surface area (TPSA) is 91.3 Å². The van der Waals surface area contributed by atoms with Crippen LogP contribution in [0, 0.1) is 40.4 Å². The monoisotopic (exact) mass is 626 g/mol. The highest BCUT2D eigenvalue weighted by Gasteiger charge is 2.61. The van der Waals surface area contributed by atoms with Gasteiger partial charge in [-0.3, -0.25) is 9.59 Å². The third-order valence-electron chi connectivity index (χ3n) is 12.4. The molecule has 0 aromatic rings. The molecule has 0 aromatic heterocycles. The van der Waals surface area contributed by atoms with Crippen molar-refractivity contribution in [2.24, 2.45) is 40.4 Å². The summed E-state index contributed by atoms with van der Waals surface area (Å²) in [5, 5.41) is 11.5. The Balaban J connectivity index is 1.35. The molecule has 1 N–H and O–H groups in total. The van der Waals surface area contributed by atoms with Gasteiger partial charge < -0.3 is 24.1 Å².